The monoisotopic (exact) mass is 475 g/mol. The van der Waals surface area contributed by atoms with Gasteiger partial charge in [-0.1, -0.05) is 49.2 Å². The summed E-state index contributed by atoms with van der Waals surface area (Å²) in [4.78, 5) is 15.1. The zero-order valence-corrected chi connectivity index (χ0v) is 19.8. The summed E-state index contributed by atoms with van der Waals surface area (Å²) in [5.74, 6) is -0.920. The van der Waals surface area contributed by atoms with Crippen molar-refractivity contribution in [3.63, 3.8) is 0 Å². The Kier molecular flexibility index (Phi) is 6.30. The number of amides is 1. The molecule has 2 heterocycles. The van der Waals surface area contributed by atoms with Crippen LogP contribution in [-0.4, -0.2) is 29.4 Å². The number of methoxy groups -OCH3 is 1. The molecule has 2 aromatic carbocycles. The maximum absolute atomic E-state index is 15.1. The van der Waals surface area contributed by atoms with Crippen LogP contribution in [0.5, 0.6) is 0 Å². The lowest BCUT2D eigenvalue weighted by molar-refractivity contribution is 0.0986. The van der Waals surface area contributed by atoms with E-state index in [0.29, 0.717) is 23.9 Å². The van der Waals surface area contributed by atoms with Gasteiger partial charge in [0.05, 0.1) is 29.9 Å². The molecule has 0 N–H and O–H groups in total. The minimum atomic E-state index is -0.636. The maximum atomic E-state index is 15.1. The Morgan fingerprint density at radius 2 is 1.97 bits per heavy atom. The lowest BCUT2D eigenvalue weighted by Gasteiger charge is -2.29. The highest BCUT2D eigenvalue weighted by molar-refractivity contribution is 6.31. The van der Waals surface area contributed by atoms with Gasteiger partial charge in [-0.3, -0.25) is 14.4 Å². The molecule has 1 unspecified atom stereocenters. The molecule has 1 atom stereocenters. The standard InChI is InChI=1S/C24H24Cl2FN3O2/c1-13(2)22-19-21(28-29(22)10-11-32-4)24(31)30(18-7-5-6-17(26)20(18)27)23(19)16-9-8-15(25)12-14(16)3/h5-9,12-13,23H,10-11H2,1-4H3. The highest BCUT2D eigenvalue weighted by Crippen LogP contribution is 2.47. The first-order valence-corrected chi connectivity index (χ1v) is 11.1. The van der Waals surface area contributed by atoms with Crippen molar-refractivity contribution in [2.24, 2.45) is 0 Å². The average Bonchev–Trinajstić information content (AvgIpc) is 3.24. The number of benzene rings is 2. The molecule has 1 aromatic heterocycles. The molecule has 0 aliphatic carbocycles. The lowest BCUT2D eigenvalue weighted by Crippen LogP contribution is -2.31. The fourth-order valence-corrected chi connectivity index (χ4v) is 4.80. The summed E-state index contributed by atoms with van der Waals surface area (Å²) in [5, 5.41) is 5.20. The highest BCUT2D eigenvalue weighted by Gasteiger charge is 2.46. The summed E-state index contributed by atoms with van der Waals surface area (Å²) >= 11 is 12.3. The van der Waals surface area contributed by atoms with E-state index in [9.17, 15) is 4.79 Å². The number of fused-ring (bicyclic) bond motifs is 1. The SMILES string of the molecule is COCCn1nc2c(c1C(C)C)C(c1ccc(Cl)cc1C)N(c1cccc(Cl)c1F)C2=O. The number of aryl methyl sites for hydroxylation is 1. The molecule has 0 bridgehead atoms. The maximum Gasteiger partial charge on any atom is 0.280 e. The first-order valence-electron chi connectivity index (χ1n) is 10.4. The summed E-state index contributed by atoms with van der Waals surface area (Å²) in [6.07, 6.45) is 0. The van der Waals surface area contributed by atoms with E-state index in [1.54, 1.807) is 25.3 Å². The summed E-state index contributed by atoms with van der Waals surface area (Å²) in [6, 6.07) is 9.62. The van der Waals surface area contributed by atoms with Gasteiger partial charge in [-0.15, -0.1) is 0 Å². The Morgan fingerprint density at radius 1 is 1.22 bits per heavy atom. The van der Waals surface area contributed by atoms with E-state index >= 15 is 4.39 Å². The van der Waals surface area contributed by atoms with E-state index < -0.39 is 11.9 Å². The minimum absolute atomic E-state index is 0.0411. The van der Waals surface area contributed by atoms with Crippen LogP contribution < -0.4 is 4.90 Å². The van der Waals surface area contributed by atoms with Crippen LogP contribution in [0.4, 0.5) is 10.1 Å². The first kappa shape index (κ1) is 22.8. The molecule has 1 aliphatic heterocycles. The summed E-state index contributed by atoms with van der Waals surface area (Å²) < 4.78 is 22.2. The van der Waals surface area contributed by atoms with Crippen molar-refractivity contribution in [3.8, 4) is 0 Å². The number of anilines is 1. The van der Waals surface area contributed by atoms with Crippen LogP contribution >= 0.6 is 23.2 Å². The van der Waals surface area contributed by atoms with Crippen LogP contribution in [0.1, 0.15) is 58.7 Å². The number of halogens is 3. The van der Waals surface area contributed by atoms with Crippen LogP contribution in [-0.2, 0) is 11.3 Å². The number of aromatic nitrogens is 2. The fourth-order valence-electron chi connectivity index (χ4n) is 4.40. The van der Waals surface area contributed by atoms with Gasteiger partial charge in [0, 0.05) is 23.4 Å². The van der Waals surface area contributed by atoms with E-state index in [0.717, 1.165) is 22.4 Å². The number of rotatable bonds is 6. The first-order chi connectivity index (χ1) is 15.3. The molecule has 5 nitrogen and oxygen atoms in total. The van der Waals surface area contributed by atoms with Gasteiger partial charge in [-0.05, 0) is 48.2 Å². The molecule has 1 aliphatic rings. The normalized spacial score (nSPS) is 15.7. The van der Waals surface area contributed by atoms with Crippen molar-refractivity contribution >= 4 is 34.8 Å². The topological polar surface area (TPSA) is 47.4 Å². The minimum Gasteiger partial charge on any atom is -0.383 e. The van der Waals surface area contributed by atoms with E-state index in [2.05, 4.69) is 18.9 Å². The largest absolute Gasteiger partial charge is 0.383 e. The molecule has 4 rings (SSSR count). The third-order valence-electron chi connectivity index (χ3n) is 5.75. The molecule has 3 aromatic rings. The molecule has 0 saturated heterocycles. The summed E-state index contributed by atoms with van der Waals surface area (Å²) in [5.41, 5.74) is 3.91. The number of nitrogens with zero attached hydrogens (tertiary/aromatic N) is 3. The number of carbonyl (C=O) groups excluding carboxylic acids is 1. The predicted molar refractivity (Wildman–Crippen MR) is 124 cm³/mol. The Labute approximate surface area is 196 Å². The molecular formula is C24H24Cl2FN3O2. The third kappa shape index (κ3) is 3.70. The number of hydrogen-bond acceptors (Lipinski definition) is 3. The molecule has 0 fully saturated rings. The van der Waals surface area contributed by atoms with Crippen molar-refractivity contribution in [2.75, 3.05) is 18.6 Å². The zero-order valence-electron chi connectivity index (χ0n) is 18.3. The van der Waals surface area contributed by atoms with Crippen LogP contribution in [0, 0.1) is 12.7 Å². The highest BCUT2D eigenvalue weighted by atomic mass is 35.5. The smallest absolute Gasteiger partial charge is 0.280 e. The van der Waals surface area contributed by atoms with Gasteiger partial charge < -0.3 is 4.74 Å². The molecule has 0 spiro atoms. The molecular weight excluding hydrogens is 452 g/mol. The molecule has 0 radical (unpaired) electrons. The van der Waals surface area contributed by atoms with Crippen LogP contribution in [0.2, 0.25) is 10.0 Å². The van der Waals surface area contributed by atoms with Crippen LogP contribution in [0.15, 0.2) is 36.4 Å². The van der Waals surface area contributed by atoms with Crippen molar-refractivity contribution in [2.45, 2.75) is 39.3 Å². The van der Waals surface area contributed by atoms with Crippen LogP contribution in [0.25, 0.3) is 0 Å². The van der Waals surface area contributed by atoms with Crippen molar-refractivity contribution < 1.29 is 13.9 Å². The van der Waals surface area contributed by atoms with Crippen molar-refractivity contribution in [1.29, 1.82) is 0 Å². The number of ether oxygens (including phenoxy) is 1. The molecule has 32 heavy (non-hydrogen) atoms. The van der Waals surface area contributed by atoms with Gasteiger partial charge >= 0.3 is 0 Å². The van der Waals surface area contributed by atoms with Crippen molar-refractivity contribution in [1.82, 2.24) is 9.78 Å². The number of hydrogen-bond donors (Lipinski definition) is 0. The van der Waals surface area contributed by atoms with Gasteiger partial charge in [0.2, 0.25) is 0 Å². The Bertz CT molecular complexity index is 1190. The van der Waals surface area contributed by atoms with Gasteiger partial charge in [-0.2, -0.15) is 5.10 Å². The van der Waals surface area contributed by atoms with E-state index in [1.807, 2.05) is 23.7 Å². The van der Waals surface area contributed by atoms with Gasteiger partial charge in [-0.25, -0.2) is 4.39 Å². The average molecular weight is 476 g/mol. The third-order valence-corrected chi connectivity index (χ3v) is 6.28. The van der Waals surface area contributed by atoms with E-state index in [-0.39, 0.29) is 22.5 Å². The van der Waals surface area contributed by atoms with E-state index in [1.165, 1.54) is 11.0 Å². The molecule has 0 saturated carbocycles. The fraction of sp³-hybridized carbons (Fsp3) is 0.333. The zero-order chi connectivity index (χ0) is 23.2. The Balaban J connectivity index is 1.99. The lowest BCUT2D eigenvalue weighted by atomic mass is 9.92. The quantitative estimate of drug-likeness (QED) is 0.428. The molecule has 168 valence electrons. The second-order valence-corrected chi connectivity index (χ2v) is 9.01. The summed E-state index contributed by atoms with van der Waals surface area (Å²) in [6.45, 7) is 7.02. The van der Waals surface area contributed by atoms with Gasteiger partial charge in [0.15, 0.2) is 11.5 Å². The second-order valence-electron chi connectivity index (χ2n) is 8.17. The second kappa shape index (κ2) is 8.85. The Hall–Kier alpha value is -2.41. The molecule has 8 heteroatoms. The Morgan fingerprint density at radius 3 is 2.62 bits per heavy atom. The van der Waals surface area contributed by atoms with Crippen LogP contribution in [0.3, 0.4) is 0 Å². The van der Waals surface area contributed by atoms with E-state index in [4.69, 9.17) is 27.9 Å². The predicted octanol–water partition coefficient (Wildman–Crippen LogP) is 6.16. The van der Waals surface area contributed by atoms with Gasteiger partial charge in [0.25, 0.3) is 5.91 Å². The molecule has 1 amide bonds. The van der Waals surface area contributed by atoms with Gasteiger partial charge in [0.1, 0.15) is 0 Å². The van der Waals surface area contributed by atoms with Crippen molar-refractivity contribution in [3.05, 3.63) is 80.3 Å². The summed E-state index contributed by atoms with van der Waals surface area (Å²) in [7, 11) is 1.63. The number of carbonyl (C=O) groups is 1.